The highest BCUT2D eigenvalue weighted by Gasteiger charge is 2.39. The summed E-state index contributed by atoms with van der Waals surface area (Å²) in [4.78, 5) is 22.5. The lowest BCUT2D eigenvalue weighted by Crippen LogP contribution is -2.41. The van der Waals surface area contributed by atoms with E-state index in [0.29, 0.717) is 4.90 Å². The van der Waals surface area contributed by atoms with Gasteiger partial charge in [0.1, 0.15) is 0 Å². The highest BCUT2D eigenvalue weighted by Crippen LogP contribution is 2.24. The maximum absolute atomic E-state index is 11.9. The molecule has 3 amide bonds. The van der Waals surface area contributed by atoms with Crippen molar-refractivity contribution in [3.05, 3.63) is 0 Å². The molecule has 1 aliphatic rings. The van der Waals surface area contributed by atoms with Crippen molar-refractivity contribution in [2.75, 3.05) is 6.54 Å². The second-order valence-electron chi connectivity index (χ2n) is 3.09. The van der Waals surface area contributed by atoms with Gasteiger partial charge in [0.15, 0.2) is 0 Å². The van der Waals surface area contributed by atoms with Crippen molar-refractivity contribution in [1.82, 2.24) is 10.2 Å². The lowest BCUT2D eigenvalue weighted by molar-refractivity contribution is -0.147. The predicted octanol–water partition coefficient (Wildman–Crippen LogP) is 0.879. The molecule has 0 aromatic rings. The fourth-order valence-electron chi connectivity index (χ4n) is 1.31. The minimum absolute atomic E-state index is 0.221. The maximum atomic E-state index is 11.9. The van der Waals surface area contributed by atoms with Gasteiger partial charge in [-0.3, -0.25) is 9.69 Å². The first kappa shape index (κ1) is 10.8. The van der Waals surface area contributed by atoms with Crippen LogP contribution in [0.4, 0.5) is 18.0 Å². The number of urea groups is 1. The summed E-state index contributed by atoms with van der Waals surface area (Å²) >= 11 is 0. The van der Waals surface area contributed by atoms with Crippen LogP contribution in [0.25, 0.3) is 0 Å². The lowest BCUT2D eigenvalue weighted by Gasteiger charge is -2.22. The van der Waals surface area contributed by atoms with Crippen LogP contribution >= 0.6 is 0 Å². The highest BCUT2D eigenvalue weighted by atomic mass is 19.4. The number of carbonyl (C=O) groups excluding carboxylic acids is 2. The fourth-order valence-corrected chi connectivity index (χ4v) is 1.31. The summed E-state index contributed by atoms with van der Waals surface area (Å²) in [6.07, 6.45) is -5.55. The third-order valence-electron chi connectivity index (χ3n) is 1.85. The Morgan fingerprint density at radius 3 is 2.43 bits per heavy atom. The average Bonchev–Trinajstić information content (AvgIpc) is 2.27. The van der Waals surface area contributed by atoms with Crippen molar-refractivity contribution >= 4 is 11.9 Å². The first-order chi connectivity index (χ1) is 6.31. The molecule has 1 fully saturated rings. The molecule has 1 rings (SSSR count). The third-order valence-corrected chi connectivity index (χ3v) is 1.85. The Balaban J connectivity index is 2.64. The summed E-state index contributed by atoms with van der Waals surface area (Å²) in [6, 6.07) is -1.91. The van der Waals surface area contributed by atoms with Gasteiger partial charge in [-0.2, -0.15) is 13.2 Å². The molecular formula is C7H9F3N2O2. The summed E-state index contributed by atoms with van der Waals surface area (Å²) < 4.78 is 35.8. The molecule has 0 saturated carbocycles. The first-order valence-corrected chi connectivity index (χ1v) is 3.98. The van der Waals surface area contributed by atoms with Gasteiger partial charge in [-0.15, -0.1) is 0 Å². The topological polar surface area (TPSA) is 49.4 Å². The highest BCUT2D eigenvalue weighted by molar-refractivity contribution is 6.02. The molecule has 0 aromatic carbocycles. The largest absolute Gasteiger partial charge is 0.391 e. The van der Waals surface area contributed by atoms with E-state index in [4.69, 9.17) is 0 Å². The van der Waals surface area contributed by atoms with Crippen molar-refractivity contribution in [3.8, 4) is 0 Å². The molecule has 0 bridgehead atoms. The van der Waals surface area contributed by atoms with E-state index in [1.807, 2.05) is 0 Å². The van der Waals surface area contributed by atoms with Crippen LogP contribution in [-0.2, 0) is 4.79 Å². The van der Waals surface area contributed by atoms with Gasteiger partial charge in [0, 0.05) is 6.04 Å². The molecule has 1 atom stereocenters. The minimum atomic E-state index is -4.37. The van der Waals surface area contributed by atoms with E-state index in [2.05, 4.69) is 5.32 Å². The number of hydrogen-bond donors (Lipinski definition) is 1. The Morgan fingerprint density at radius 2 is 2.07 bits per heavy atom. The Bertz CT molecular complexity index is 248. The van der Waals surface area contributed by atoms with Crippen LogP contribution in [0.1, 0.15) is 13.3 Å². The zero-order valence-corrected chi connectivity index (χ0v) is 7.39. The van der Waals surface area contributed by atoms with E-state index < -0.39 is 30.6 Å². The zero-order chi connectivity index (χ0) is 10.9. The SMILES string of the molecule is CC(CC(F)(F)F)N1C(=O)CNC1=O. The van der Waals surface area contributed by atoms with Crippen molar-refractivity contribution < 1.29 is 22.8 Å². The Hall–Kier alpha value is -1.27. The van der Waals surface area contributed by atoms with E-state index in [-0.39, 0.29) is 6.54 Å². The summed E-state index contributed by atoms with van der Waals surface area (Å²) in [6.45, 7) is 0.970. The number of imide groups is 1. The molecule has 1 aliphatic heterocycles. The van der Waals surface area contributed by atoms with Gasteiger partial charge in [0.25, 0.3) is 0 Å². The first-order valence-electron chi connectivity index (χ1n) is 3.98. The van der Waals surface area contributed by atoms with Gasteiger partial charge in [0.05, 0.1) is 13.0 Å². The number of nitrogens with zero attached hydrogens (tertiary/aromatic N) is 1. The Morgan fingerprint density at radius 1 is 1.50 bits per heavy atom. The molecule has 1 saturated heterocycles. The predicted molar refractivity (Wildman–Crippen MR) is 40.4 cm³/mol. The second kappa shape index (κ2) is 3.47. The van der Waals surface area contributed by atoms with Gasteiger partial charge in [-0.05, 0) is 6.92 Å². The molecule has 0 radical (unpaired) electrons. The van der Waals surface area contributed by atoms with Crippen molar-refractivity contribution in [2.45, 2.75) is 25.6 Å². The van der Waals surface area contributed by atoms with Gasteiger partial charge in [0.2, 0.25) is 5.91 Å². The molecule has 80 valence electrons. The maximum Gasteiger partial charge on any atom is 0.391 e. The number of halogens is 3. The van der Waals surface area contributed by atoms with Crippen LogP contribution in [0.2, 0.25) is 0 Å². The number of carbonyl (C=O) groups is 2. The Kier molecular flexibility index (Phi) is 2.68. The van der Waals surface area contributed by atoms with E-state index in [1.54, 1.807) is 0 Å². The summed E-state index contributed by atoms with van der Waals surface area (Å²) in [5.74, 6) is -0.619. The molecule has 7 heteroatoms. The van der Waals surface area contributed by atoms with E-state index >= 15 is 0 Å². The molecule has 1 N–H and O–H groups in total. The van der Waals surface area contributed by atoms with Crippen LogP contribution in [0, 0.1) is 0 Å². The van der Waals surface area contributed by atoms with Crippen LogP contribution in [0.5, 0.6) is 0 Å². The van der Waals surface area contributed by atoms with Gasteiger partial charge in [-0.1, -0.05) is 0 Å². The van der Waals surface area contributed by atoms with Crippen LogP contribution in [0.3, 0.4) is 0 Å². The molecule has 0 spiro atoms. The van der Waals surface area contributed by atoms with Gasteiger partial charge < -0.3 is 5.32 Å². The summed E-state index contributed by atoms with van der Waals surface area (Å²) in [5, 5.41) is 2.16. The van der Waals surface area contributed by atoms with Crippen LogP contribution < -0.4 is 5.32 Å². The van der Waals surface area contributed by atoms with Crippen molar-refractivity contribution in [3.63, 3.8) is 0 Å². The Labute approximate surface area is 78.1 Å². The van der Waals surface area contributed by atoms with Gasteiger partial charge >= 0.3 is 12.2 Å². The smallest absolute Gasteiger partial charge is 0.329 e. The van der Waals surface area contributed by atoms with Gasteiger partial charge in [-0.25, -0.2) is 4.79 Å². The van der Waals surface area contributed by atoms with Crippen LogP contribution in [-0.4, -0.2) is 35.6 Å². The number of amides is 3. The average molecular weight is 210 g/mol. The lowest BCUT2D eigenvalue weighted by atomic mass is 10.2. The zero-order valence-electron chi connectivity index (χ0n) is 7.39. The molecule has 1 unspecified atom stereocenters. The normalized spacial score (nSPS) is 19.9. The third kappa shape index (κ3) is 2.36. The van der Waals surface area contributed by atoms with Crippen molar-refractivity contribution in [1.29, 1.82) is 0 Å². The summed E-state index contributed by atoms with van der Waals surface area (Å²) in [7, 11) is 0. The molecule has 0 aliphatic carbocycles. The fraction of sp³-hybridized carbons (Fsp3) is 0.714. The van der Waals surface area contributed by atoms with Crippen LogP contribution in [0.15, 0.2) is 0 Å². The van der Waals surface area contributed by atoms with E-state index in [9.17, 15) is 22.8 Å². The standard InChI is InChI=1S/C7H9F3N2O2/c1-4(2-7(8,9)10)12-5(13)3-11-6(12)14/h4H,2-3H2,1H3,(H,11,14). The molecule has 4 nitrogen and oxygen atoms in total. The molecule has 14 heavy (non-hydrogen) atoms. The molecule has 1 heterocycles. The van der Waals surface area contributed by atoms with E-state index in [1.165, 1.54) is 6.92 Å². The number of rotatable bonds is 2. The number of alkyl halides is 3. The molecule has 0 aromatic heterocycles. The quantitative estimate of drug-likeness (QED) is 0.688. The number of hydrogen-bond acceptors (Lipinski definition) is 2. The minimum Gasteiger partial charge on any atom is -0.329 e. The monoisotopic (exact) mass is 210 g/mol. The van der Waals surface area contributed by atoms with Crippen molar-refractivity contribution in [2.24, 2.45) is 0 Å². The summed E-state index contributed by atoms with van der Waals surface area (Å²) in [5.41, 5.74) is 0. The number of nitrogens with one attached hydrogen (secondary N) is 1. The molecular weight excluding hydrogens is 201 g/mol. The second-order valence-corrected chi connectivity index (χ2v) is 3.09. The van der Waals surface area contributed by atoms with E-state index in [0.717, 1.165) is 0 Å².